The molecule has 1 heterocycles. The van der Waals surface area contributed by atoms with Gasteiger partial charge in [0.25, 0.3) is 10.0 Å². The van der Waals surface area contributed by atoms with Crippen LogP contribution in [-0.2, 0) is 10.0 Å². The van der Waals surface area contributed by atoms with Gasteiger partial charge in [-0.2, -0.15) is 4.98 Å². The predicted octanol–water partition coefficient (Wildman–Crippen LogP) is 4.62. The molecule has 0 saturated heterocycles. The van der Waals surface area contributed by atoms with Crippen LogP contribution in [0.25, 0.3) is 0 Å². The molecule has 0 aliphatic heterocycles. The lowest BCUT2D eigenvalue weighted by Gasteiger charge is -2.20. The molecular formula is C22H26FN5O2S. The largest absolute Gasteiger partial charge is 0.357 e. The van der Waals surface area contributed by atoms with Crippen molar-refractivity contribution in [2.75, 3.05) is 28.0 Å². The van der Waals surface area contributed by atoms with Crippen molar-refractivity contribution in [3.63, 3.8) is 0 Å². The molecular weight excluding hydrogens is 417 g/mol. The molecule has 31 heavy (non-hydrogen) atoms. The lowest BCUT2D eigenvalue weighted by Crippen LogP contribution is -2.23. The van der Waals surface area contributed by atoms with Crippen LogP contribution in [0.2, 0.25) is 0 Å². The Bertz CT molecular complexity index is 1160. The van der Waals surface area contributed by atoms with Crippen molar-refractivity contribution in [1.82, 2.24) is 9.97 Å². The number of sulfonamides is 1. The van der Waals surface area contributed by atoms with Crippen LogP contribution in [0, 0.1) is 19.7 Å². The highest BCUT2D eigenvalue weighted by Crippen LogP contribution is 2.23. The van der Waals surface area contributed by atoms with E-state index in [0.29, 0.717) is 17.2 Å². The summed E-state index contributed by atoms with van der Waals surface area (Å²) in [6.07, 6.45) is 0. The van der Waals surface area contributed by atoms with Gasteiger partial charge in [-0.15, -0.1) is 0 Å². The van der Waals surface area contributed by atoms with Crippen LogP contribution in [0.1, 0.15) is 25.1 Å². The Morgan fingerprint density at radius 3 is 2.19 bits per heavy atom. The van der Waals surface area contributed by atoms with E-state index in [9.17, 15) is 12.8 Å². The molecule has 0 bridgehead atoms. The first-order valence-corrected chi connectivity index (χ1v) is 11.5. The molecule has 2 N–H and O–H groups in total. The van der Waals surface area contributed by atoms with Crippen LogP contribution in [0.5, 0.6) is 0 Å². The summed E-state index contributed by atoms with van der Waals surface area (Å²) in [6, 6.07) is 12.3. The van der Waals surface area contributed by atoms with E-state index in [1.807, 2.05) is 13.0 Å². The summed E-state index contributed by atoms with van der Waals surface area (Å²) in [5.41, 5.74) is 2.30. The number of aryl methyl sites for hydroxylation is 2. The zero-order valence-electron chi connectivity index (χ0n) is 18.0. The number of hydrogen-bond donors (Lipinski definition) is 2. The highest BCUT2D eigenvalue weighted by molar-refractivity contribution is 7.92. The second-order valence-electron chi connectivity index (χ2n) is 7.08. The minimum absolute atomic E-state index is 0.0354. The summed E-state index contributed by atoms with van der Waals surface area (Å²) in [6.45, 7) is 9.29. The fraction of sp³-hybridized carbons (Fsp3) is 0.273. The predicted molar refractivity (Wildman–Crippen MR) is 122 cm³/mol. The molecule has 3 rings (SSSR count). The molecule has 1 aromatic heterocycles. The average molecular weight is 444 g/mol. The summed E-state index contributed by atoms with van der Waals surface area (Å²) in [5.74, 6) is 0.839. The second-order valence-corrected chi connectivity index (χ2v) is 8.73. The van der Waals surface area contributed by atoms with Crippen molar-refractivity contribution < 1.29 is 12.8 Å². The third-order valence-electron chi connectivity index (χ3n) is 4.75. The SMILES string of the molecule is CCN(CC)c1cc(C)nc(Nc2ccc(NS(=O)(=O)c3ccc(F)cc3C)cc2)n1. The van der Waals surface area contributed by atoms with E-state index < -0.39 is 15.8 Å². The smallest absolute Gasteiger partial charge is 0.262 e. The Balaban J connectivity index is 1.76. The van der Waals surface area contributed by atoms with E-state index in [0.717, 1.165) is 36.4 Å². The first kappa shape index (κ1) is 22.5. The van der Waals surface area contributed by atoms with Crippen LogP contribution in [0.4, 0.5) is 27.5 Å². The van der Waals surface area contributed by atoms with Crippen molar-refractivity contribution in [3.8, 4) is 0 Å². The highest BCUT2D eigenvalue weighted by Gasteiger charge is 2.17. The van der Waals surface area contributed by atoms with Crippen molar-refractivity contribution >= 4 is 33.2 Å². The third kappa shape index (κ3) is 5.49. The quantitative estimate of drug-likeness (QED) is 0.528. The third-order valence-corrected chi connectivity index (χ3v) is 6.29. The topological polar surface area (TPSA) is 87.2 Å². The number of aromatic nitrogens is 2. The zero-order valence-corrected chi connectivity index (χ0v) is 18.8. The monoisotopic (exact) mass is 443 g/mol. The van der Waals surface area contributed by atoms with Gasteiger partial charge in [0.05, 0.1) is 4.90 Å². The number of benzene rings is 2. The summed E-state index contributed by atoms with van der Waals surface area (Å²) in [7, 11) is -3.83. The van der Waals surface area contributed by atoms with Gasteiger partial charge in [-0.1, -0.05) is 0 Å². The van der Waals surface area contributed by atoms with Gasteiger partial charge in [0.1, 0.15) is 11.6 Å². The lowest BCUT2D eigenvalue weighted by molar-refractivity contribution is 0.598. The van der Waals surface area contributed by atoms with Crippen LogP contribution >= 0.6 is 0 Å². The van der Waals surface area contributed by atoms with Gasteiger partial charge in [-0.05, 0) is 75.7 Å². The second kappa shape index (κ2) is 9.30. The molecule has 2 aromatic carbocycles. The fourth-order valence-electron chi connectivity index (χ4n) is 3.19. The molecule has 0 aliphatic rings. The van der Waals surface area contributed by atoms with Crippen LogP contribution in [-0.4, -0.2) is 31.5 Å². The number of rotatable bonds is 8. The van der Waals surface area contributed by atoms with E-state index in [-0.39, 0.29) is 4.90 Å². The molecule has 0 unspecified atom stereocenters. The number of hydrogen-bond acceptors (Lipinski definition) is 6. The van der Waals surface area contributed by atoms with Gasteiger partial charge in [-0.25, -0.2) is 17.8 Å². The van der Waals surface area contributed by atoms with Gasteiger partial charge < -0.3 is 10.2 Å². The molecule has 0 fully saturated rings. The average Bonchev–Trinajstić information content (AvgIpc) is 2.69. The van der Waals surface area contributed by atoms with E-state index in [1.54, 1.807) is 31.2 Å². The Hall–Kier alpha value is -3.20. The summed E-state index contributed by atoms with van der Waals surface area (Å²) in [5, 5.41) is 3.16. The zero-order chi connectivity index (χ0) is 22.6. The van der Waals surface area contributed by atoms with Crippen molar-refractivity contribution in [3.05, 3.63) is 65.6 Å². The molecule has 0 spiro atoms. The van der Waals surface area contributed by atoms with E-state index in [4.69, 9.17) is 0 Å². The van der Waals surface area contributed by atoms with Crippen molar-refractivity contribution in [2.24, 2.45) is 0 Å². The maximum Gasteiger partial charge on any atom is 0.262 e. The Morgan fingerprint density at radius 2 is 1.58 bits per heavy atom. The Labute approximate surface area is 182 Å². The maximum atomic E-state index is 13.3. The number of anilines is 4. The van der Waals surface area contributed by atoms with E-state index >= 15 is 0 Å². The lowest BCUT2D eigenvalue weighted by atomic mass is 10.2. The number of nitrogens with zero attached hydrogens (tertiary/aromatic N) is 3. The van der Waals surface area contributed by atoms with Gasteiger partial charge in [0, 0.05) is 36.2 Å². The van der Waals surface area contributed by atoms with Crippen molar-refractivity contribution in [2.45, 2.75) is 32.6 Å². The molecule has 0 aliphatic carbocycles. The summed E-state index contributed by atoms with van der Waals surface area (Å²) in [4.78, 5) is 11.2. The fourth-order valence-corrected chi connectivity index (χ4v) is 4.48. The normalized spacial score (nSPS) is 11.3. The van der Waals surface area contributed by atoms with E-state index in [2.05, 4.69) is 38.8 Å². The number of nitrogens with one attached hydrogen (secondary N) is 2. The van der Waals surface area contributed by atoms with E-state index in [1.165, 1.54) is 12.1 Å². The van der Waals surface area contributed by atoms with Gasteiger partial charge in [0.2, 0.25) is 5.95 Å². The summed E-state index contributed by atoms with van der Waals surface area (Å²) < 4.78 is 41.1. The first-order chi connectivity index (χ1) is 14.7. The van der Waals surface area contributed by atoms with Crippen LogP contribution in [0.3, 0.4) is 0 Å². The van der Waals surface area contributed by atoms with Gasteiger partial charge >= 0.3 is 0 Å². The minimum Gasteiger partial charge on any atom is -0.357 e. The highest BCUT2D eigenvalue weighted by atomic mass is 32.2. The van der Waals surface area contributed by atoms with Crippen molar-refractivity contribution in [1.29, 1.82) is 0 Å². The Kier molecular flexibility index (Phi) is 6.74. The molecule has 0 amide bonds. The van der Waals surface area contributed by atoms with Crippen LogP contribution in [0.15, 0.2) is 53.4 Å². The number of halogens is 1. The molecule has 3 aromatic rings. The maximum absolute atomic E-state index is 13.3. The standard InChI is InChI=1S/C22H26FN5O2S/c1-5-28(6-2)21-14-16(4)24-22(26-21)25-18-8-10-19(11-9-18)27-31(29,30)20-12-7-17(23)13-15(20)3/h7-14,27H,5-6H2,1-4H3,(H,24,25,26). The van der Waals surface area contributed by atoms with Gasteiger partial charge in [-0.3, -0.25) is 4.72 Å². The molecule has 0 atom stereocenters. The van der Waals surface area contributed by atoms with Gasteiger partial charge in [0.15, 0.2) is 0 Å². The molecule has 9 heteroatoms. The minimum atomic E-state index is -3.83. The molecule has 0 saturated carbocycles. The molecule has 0 radical (unpaired) electrons. The Morgan fingerprint density at radius 1 is 0.935 bits per heavy atom. The first-order valence-electron chi connectivity index (χ1n) is 9.98. The molecule has 164 valence electrons. The molecule has 7 nitrogen and oxygen atoms in total. The summed E-state index contributed by atoms with van der Waals surface area (Å²) >= 11 is 0. The van der Waals surface area contributed by atoms with Crippen LogP contribution < -0.4 is 14.9 Å².